The van der Waals surface area contributed by atoms with Gasteiger partial charge < -0.3 is 21.1 Å². The molecular formula is C14H21N3O3. The van der Waals surface area contributed by atoms with Gasteiger partial charge in [-0.05, 0) is 18.6 Å². The fourth-order valence-corrected chi connectivity index (χ4v) is 1.61. The highest BCUT2D eigenvalue weighted by molar-refractivity contribution is 6.00. The summed E-state index contributed by atoms with van der Waals surface area (Å²) in [4.78, 5) is 23.2. The Labute approximate surface area is 118 Å². The molecule has 0 radical (unpaired) electrons. The minimum atomic E-state index is -0.331. The van der Waals surface area contributed by atoms with Crippen LogP contribution in [0.15, 0.2) is 18.2 Å². The predicted molar refractivity (Wildman–Crippen MR) is 78.8 cm³/mol. The van der Waals surface area contributed by atoms with E-state index in [9.17, 15) is 9.59 Å². The third-order valence-electron chi connectivity index (χ3n) is 2.72. The minimum absolute atomic E-state index is 0.0831. The first-order valence-corrected chi connectivity index (χ1v) is 6.58. The number of amides is 2. The van der Waals surface area contributed by atoms with Gasteiger partial charge in [-0.3, -0.25) is 9.59 Å². The predicted octanol–water partition coefficient (Wildman–Crippen LogP) is 1.72. The van der Waals surface area contributed by atoms with Crippen molar-refractivity contribution >= 4 is 23.2 Å². The van der Waals surface area contributed by atoms with Gasteiger partial charge in [0, 0.05) is 12.5 Å². The number of ether oxygens (including phenoxy) is 1. The molecule has 110 valence electrons. The average molecular weight is 279 g/mol. The molecule has 0 atom stereocenters. The molecule has 20 heavy (non-hydrogen) atoms. The van der Waals surface area contributed by atoms with Gasteiger partial charge in [-0.2, -0.15) is 0 Å². The first-order valence-electron chi connectivity index (χ1n) is 6.58. The van der Waals surface area contributed by atoms with Gasteiger partial charge in [0.15, 0.2) is 0 Å². The van der Waals surface area contributed by atoms with E-state index in [2.05, 4.69) is 10.6 Å². The van der Waals surface area contributed by atoms with Crippen LogP contribution in [0.2, 0.25) is 0 Å². The van der Waals surface area contributed by atoms with Gasteiger partial charge in [0.1, 0.15) is 5.75 Å². The van der Waals surface area contributed by atoms with E-state index < -0.39 is 0 Å². The number of rotatable bonds is 7. The molecule has 0 aliphatic carbocycles. The molecule has 0 heterocycles. The number of methoxy groups -OCH3 is 1. The maximum atomic E-state index is 11.8. The van der Waals surface area contributed by atoms with Crippen molar-refractivity contribution in [3.05, 3.63) is 18.2 Å². The number of benzene rings is 1. The number of unbranched alkanes of at least 4 members (excludes halogenated alkanes) is 1. The molecule has 0 unspecified atom stereocenters. The summed E-state index contributed by atoms with van der Waals surface area (Å²) in [6.07, 6.45) is 2.23. The summed E-state index contributed by atoms with van der Waals surface area (Å²) in [5.74, 6) is 0.173. The second-order valence-electron chi connectivity index (χ2n) is 4.32. The van der Waals surface area contributed by atoms with Crippen molar-refractivity contribution in [3.8, 4) is 5.75 Å². The summed E-state index contributed by atoms with van der Waals surface area (Å²) >= 11 is 0. The zero-order valence-corrected chi connectivity index (χ0v) is 11.9. The van der Waals surface area contributed by atoms with E-state index in [0.717, 1.165) is 12.8 Å². The summed E-state index contributed by atoms with van der Waals surface area (Å²) in [5.41, 5.74) is 6.29. The maximum absolute atomic E-state index is 11.8. The van der Waals surface area contributed by atoms with Crippen LogP contribution in [0.3, 0.4) is 0 Å². The van der Waals surface area contributed by atoms with E-state index in [1.54, 1.807) is 18.2 Å². The third kappa shape index (κ3) is 4.89. The lowest BCUT2D eigenvalue weighted by atomic mass is 10.2. The lowest BCUT2D eigenvalue weighted by Gasteiger charge is -2.13. The maximum Gasteiger partial charge on any atom is 0.238 e. The van der Waals surface area contributed by atoms with Crippen molar-refractivity contribution in [3.63, 3.8) is 0 Å². The van der Waals surface area contributed by atoms with Crippen molar-refractivity contribution in [2.75, 3.05) is 24.3 Å². The molecule has 0 saturated carbocycles. The number of hydrogen-bond donors (Lipinski definition) is 3. The quantitative estimate of drug-likeness (QED) is 0.708. The Morgan fingerprint density at radius 3 is 2.50 bits per heavy atom. The molecule has 1 aromatic rings. The molecular weight excluding hydrogens is 258 g/mol. The van der Waals surface area contributed by atoms with Crippen molar-refractivity contribution in [2.24, 2.45) is 5.73 Å². The molecule has 6 nitrogen and oxygen atoms in total. The van der Waals surface area contributed by atoms with Crippen LogP contribution in [0.5, 0.6) is 5.75 Å². The highest BCUT2D eigenvalue weighted by Gasteiger charge is 2.10. The molecule has 0 aliphatic rings. The number of carbonyl (C=O) groups excluding carboxylic acids is 2. The van der Waals surface area contributed by atoms with Crippen LogP contribution in [-0.4, -0.2) is 25.5 Å². The highest BCUT2D eigenvalue weighted by Crippen LogP contribution is 2.27. The van der Waals surface area contributed by atoms with Gasteiger partial charge in [0.2, 0.25) is 11.8 Å². The largest absolute Gasteiger partial charge is 0.497 e. The van der Waals surface area contributed by atoms with Gasteiger partial charge in [-0.15, -0.1) is 0 Å². The van der Waals surface area contributed by atoms with Crippen LogP contribution in [0.1, 0.15) is 26.2 Å². The normalized spacial score (nSPS) is 9.95. The van der Waals surface area contributed by atoms with Crippen LogP contribution in [-0.2, 0) is 9.59 Å². The molecule has 6 heteroatoms. The van der Waals surface area contributed by atoms with Crippen LogP contribution < -0.4 is 21.1 Å². The number of nitrogens with one attached hydrogen (secondary N) is 2. The van der Waals surface area contributed by atoms with Crippen LogP contribution in [0.4, 0.5) is 11.4 Å². The minimum Gasteiger partial charge on any atom is -0.497 e. The molecule has 0 spiro atoms. The summed E-state index contributed by atoms with van der Waals surface area (Å²) in [5, 5.41) is 5.41. The van der Waals surface area contributed by atoms with Crippen molar-refractivity contribution in [1.82, 2.24) is 0 Å². The first-order chi connectivity index (χ1) is 9.60. The summed E-state index contributed by atoms with van der Waals surface area (Å²) in [6, 6.07) is 5.05. The Bertz CT molecular complexity index is 475. The van der Waals surface area contributed by atoms with Crippen LogP contribution in [0.25, 0.3) is 0 Å². The third-order valence-corrected chi connectivity index (χ3v) is 2.72. The fraction of sp³-hybridized carbons (Fsp3) is 0.429. The van der Waals surface area contributed by atoms with Crippen molar-refractivity contribution in [1.29, 1.82) is 0 Å². The van der Waals surface area contributed by atoms with Crippen molar-refractivity contribution < 1.29 is 14.3 Å². The first kappa shape index (κ1) is 16.0. The summed E-state index contributed by atoms with van der Waals surface area (Å²) in [7, 11) is 1.53. The van der Waals surface area contributed by atoms with E-state index in [1.165, 1.54) is 7.11 Å². The zero-order chi connectivity index (χ0) is 15.0. The number of carbonyl (C=O) groups is 2. The second kappa shape index (κ2) is 8.16. The Morgan fingerprint density at radius 2 is 1.90 bits per heavy atom. The van der Waals surface area contributed by atoms with Gasteiger partial charge in [0.25, 0.3) is 0 Å². The lowest BCUT2D eigenvalue weighted by molar-refractivity contribution is -0.116. The highest BCUT2D eigenvalue weighted by atomic mass is 16.5. The molecule has 2 amide bonds. The monoisotopic (exact) mass is 279 g/mol. The molecule has 0 saturated heterocycles. The van der Waals surface area contributed by atoms with Gasteiger partial charge in [-0.25, -0.2) is 0 Å². The van der Waals surface area contributed by atoms with Crippen LogP contribution >= 0.6 is 0 Å². The lowest BCUT2D eigenvalue weighted by Crippen LogP contribution is -2.23. The topological polar surface area (TPSA) is 93.5 Å². The Hall–Kier alpha value is -2.08. The van der Waals surface area contributed by atoms with E-state index in [0.29, 0.717) is 23.5 Å². The van der Waals surface area contributed by atoms with E-state index >= 15 is 0 Å². The molecule has 0 aromatic heterocycles. The van der Waals surface area contributed by atoms with E-state index in [1.807, 2.05) is 6.92 Å². The molecule has 0 aliphatic heterocycles. The summed E-state index contributed by atoms with van der Waals surface area (Å²) in [6.45, 7) is 1.90. The summed E-state index contributed by atoms with van der Waals surface area (Å²) < 4.78 is 5.10. The SMILES string of the molecule is CCCCC(=O)Nc1ccc(OC)cc1NC(=O)CN. The average Bonchev–Trinajstić information content (AvgIpc) is 2.46. The second-order valence-corrected chi connectivity index (χ2v) is 4.32. The number of nitrogens with two attached hydrogens (primary N) is 1. The van der Waals surface area contributed by atoms with Gasteiger partial charge in [0.05, 0.1) is 25.0 Å². The van der Waals surface area contributed by atoms with Crippen LogP contribution in [0, 0.1) is 0 Å². The smallest absolute Gasteiger partial charge is 0.238 e. The molecule has 1 rings (SSSR count). The van der Waals surface area contributed by atoms with Gasteiger partial charge in [-0.1, -0.05) is 13.3 Å². The zero-order valence-electron chi connectivity index (χ0n) is 11.9. The molecule has 0 bridgehead atoms. The number of anilines is 2. The fourth-order valence-electron chi connectivity index (χ4n) is 1.61. The Kier molecular flexibility index (Phi) is 6.52. The van der Waals surface area contributed by atoms with E-state index in [4.69, 9.17) is 10.5 Å². The van der Waals surface area contributed by atoms with Crippen molar-refractivity contribution in [2.45, 2.75) is 26.2 Å². The molecule has 4 N–H and O–H groups in total. The van der Waals surface area contributed by atoms with Gasteiger partial charge >= 0.3 is 0 Å². The Balaban J connectivity index is 2.87. The standard InChI is InChI=1S/C14H21N3O3/c1-3-4-5-13(18)16-11-7-6-10(20-2)8-12(11)17-14(19)9-15/h6-8H,3-5,9,15H2,1-2H3,(H,16,18)(H,17,19). The number of hydrogen-bond acceptors (Lipinski definition) is 4. The molecule has 1 aromatic carbocycles. The Morgan fingerprint density at radius 1 is 1.20 bits per heavy atom. The molecule has 0 fully saturated rings. The van der Waals surface area contributed by atoms with E-state index in [-0.39, 0.29) is 18.4 Å².